The lowest BCUT2D eigenvalue weighted by Crippen LogP contribution is -2.35. The Bertz CT molecular complexity index is 434. The van der Waals surface area contributed by atoms with Crippen LogP contribution in [0.5, 0.6) is 0 Å². The summed E-state index contributed by atoms with van der Waals surface area (Å²) in [6.07, 6.45) is 6.52. The number of nitrogens with zero attached hydrogens (tertiary/aromatic N) is 2. The van der Waals surface area contributed by atoms with E-state index in [0.29, 0.717) is 6.61 Å². The first-order chi connectivity index (χ1) is 9.55. The maximum Gasteiger partial charge on any atom is 0.160 e. The minimum absolute atomic E-state index is 0.117. The molecular weight excluding hydrogens is 250 g/mol. The van der Waals surface area contributed by atoms with E-state index in [4.69, 9.17) is 15.5 Å². The molecule has 0 aliphatic heterocycles. The summed E-state index contributed by atoms with van der Waals surface area (Å²) in [5, 5.41) is 0. The molecular formula is C16H27N3O. The van der Waals surface area contributed by atoms with Crippen molar-refractivity contribution in [3.63, 3.8) is 0 Å². The Balaban J connectivity index is 2.34. The number of rotatable bonds is 5. The summed E-state index contributed by atoms with van der Waals surface area (Å²) in [6, 6.07) is 2.15. The highest BCUT2D eigenvalue weighted by Gasteiger charge is 2.37. The SMILES string of the molecule is CCOC1(c2nc(C)cc(CC(C)N)n2)CCCCC1. The predicted molar refractivity (Wildman–Crippen MR) is 80.5 cm³/mol. The van der Waals surface area contributed by atoms with Crippen LogP contribution in [-0.4, -0.2) is 22.6 Å². The zero-order valence-corrected chi connectivity index (χ0v) is 13.0. The lowest BCUT2D eigenvalue weighted by Gasteiger charge is -2.35. The lowest BCUT2D eigenvalue weighted by molar-refractivity contribution is -0.0769. The maximum absolute atomic E-state index is 6.12. The van der Waals surface area contributed by atoms with Crippen molar-refractivity contribution < 1.29 is 4.74 Å². The van der Waals surface area contributed by atoms with E-state index in [0.717, 1.165) is 36.5 Å². The van der Waals surface area contributed by atoms with Crippen molar-refractivity contribution in [1.29, 1.82) is 0 Å². The highest BCUT2D eigenvalue weighted by molar-refractivity contribution is 5.15. The van der Waals surface area contributed by atoms with Gasteiger partial charge in [0.2, 0.25) is 0 Å². The molecule has 112 valence electrons. The van der Waals surface area contributed by atoms with Gasteiger partial charge in [-0.15, -0.1) is 0 Å². The molecule has 1 aliphatic carbocycles. The molecule has 1 unspecified atom stereocenters. The smallest absolute Gasteiger partial charge is 0.160 e. The predicted octanol–water partition coefficient (Wildman–Crippen LogP) is 2.87. The molecule has 20 heavy (non-hydrogen) atoms. The lowest BCUT2D eigenvalue weighted by atomic mass is 9.83. The average molecular weight is 277 g/mol. The van der Waals surface area contributed by atoms with Gasteiger partial charge in [0.15, 0.2) is 5.82 Å². The van der Waals surface area contributed by atoms with Crippen LogP contribution in [0.15, 0.2) is 6.07 Å². The summed E-state index contributed by atoms with van der Waals surface area (Å²) in [5.41, 5.74) is 7.67. The van der Waals surface area contributed by atoms with Gasteiger partial charge in [-0.1, -0.05) is 19.3 Å². The molecule has 1 fully saturated rings. The van der Waals surface area contributed by atoms with Gasteiger partial charge in [-0.2, -0.15) is 0 Å². The summed E-state index contributed by atoms with van der Waals surface area (Å²) in [6.45, 7) is 6.79. The minimum atomic E-state index is -0.272. The van der Waals surface area contributed by atoms with Crippen LogP contribution in [0, 0.1) is 6.92 Å². The first-order valence-corrected chi connectivity index (χ1v) is 7.80. The molecule has 0 amide bonds. The first kappa shape index (κ1) is 15.4. The Morgan fingerprint density at radius 1 is 1.30 bits per heavy atom. The standard InChI is InChI=1S/C16H27N3O/c1-4-20-16(8-6-5-7-9-16)15-18-13(3)11-14(19-15)10-12(2)17/h11-12H,4-10,17H2,1-3H3. The Hall–Kier alpha value is -1.00. The fourth-order valence-electron chi connectivity index (χ4n) is 3.10. The van der Waals surface area contributed by atoms with Crippen molar-refractivity contribution >= 4 is 0 Å². The normalized spacial score (nSPS) is 19.8. The van der Waals surface area contributed by atoms with Gasteiger partial charge < -0.3 is 10.5 Å². The molecule has 0 bridgehead atoms. The molecule has 4 heteroatoms. The molecule has 1 aromatic rings. The molecule has 0 radical (unpaired) electrons. The average Bonchev–Trinajstić information content (AvgIpc) is 2.38. The fraction of sp³-hybridized carbons (Fsp3) is 0.750. The zero-order chi connectivity index (χ0) is 14.6. The van der Waals surface area contributed by atoms with E-state index >= 15 is 0 Å². The Kier molecular flexibility index (Phi) is 5.11. The second kappa shape index (κ2) is 6.64. The van der Waals surface area contributed by atoms with Crippen molar-refractivity contribution in [2.75, 3.05) is 6.61 Å². The molecule has 2 N–H and O–H groups in total. The van der Waals surface area contributed by atoms with Gasteiger partial charge in [-0.3, -0.25) is 0 Å². The van der Waals surface area contributed by atoms with Crippen LogP contribution in [-0.2, 0) is 16.8 Å². The molecule has 1 aromatic heterocycles. The molecule has 1 aliphatic rings. The molecule has 0 spiro atoms. The van der Waals surface area contributed by atoms with Crippen LogP contribution < -0.4 is 5.73 Å². The largest absolute Gasteiger partial charge is 0.367 e. The van der Waals surface area contributed by atoms with E-state index in [1.807, 2.05) is 19.9 Å². The minimum Gasteiger partial charge on any atom is -0.367 e. The summed E-state index contributed by atoms with van der Waals surface area (Å²) < 4.78 is 6.12. The van der Waals surface area contributed by atoms with Crippen LogP contribution in [0.4, 0.5) is 0 Å². The van der Waals surface area contributed by atoms with E-state index in [-0.39, 0.29) is 11.6 Å². The van der Waals surface area contributed by atoms with Gasteiger partial charge in [0.25, 0.3) is 0 Å². The zero-order valence-electron chi connectivity index (χ0n) is 13.0. The van der Waals surface area contributed by atoms with Gasteiger partial charge in [-0.25, -0.2) is 9.97 Å². The van der Waals surface area contributed by atoms with Crippen LogP contribution in [0.2, 0.25) is 0 Å². The summed E-state index contributed by atoms with van der Waals surface area (Å²) in [4.78, 5) is 9.45. The number of aromatic nitrogens is 2. The number of hydrogen-bond donors (Lipinski definition) is 1. The van der Waals surface area contributed by atoms with E-state index in [9.17, 15) is 0 Å². The van der Waals surface area contributed by atoms with Crippen LogP contribution in [0.3, 0.4) is 0 Å². The highest BCUT2D eigenvalue weighted by atomic mass is 16.5. The monoisotopic (exact) mass is 277 g/mol. The topological polar surface area (TPSA) is 61.0 Å². The second-order valence-corrected chi connectivity index (χ2v) is 5.99. The van der Waals surface area contributed by atoms with E-state index < -0.39 is 0 Å². The number of ether oxygens (including phenoxy) is 1. The summed E-state index contributed by atoms with van der Waals surface area (Å²) in [7, 11) is 0. The molecule has 2 rings (SSSR count). The fourth-order valence-corrected chi connectivity index (χ4v) is 3.10. The van der Waals surface area contributed by atoms with Crippen LogP contribution in [0.1, 0.15) is 63.2 Å². The van der Waals surface area contributed by atoms with Gasteiger partial charge in [0.05, 0.1) is 0 Å². The van der Waals surface area contributed by atoms with E-state index in [1.165, 1.54) is 19.3 Å². The molecule has 1 atom stereocenters. The molecule has 1 heterocycles. The Morgan fingerprint density at radius 2 is 2.00 bits per heavy atom. The van der Waals surface area contributed by atoms with Gasteiger partial charge in [0, 0.05) is 30.5 Å². The van der Waals surface area contributed by atoms with Gasteiger partial charge in [-0.05, 0) is 39.7 Å². The van der Waals surface area contributed by atoms with Crippen molar-refractivity contribution in [3.8, 4) is 0 Å². The van der Waals surface area contributed by atoms with E-state index in [1.54, 1.807) is 0 Å². The molecule has 0 saturated heterocycles. The third-order valence-electron chi connectivity index (χ3n) is 3.93. The Labute approximate surface area is 122 Å². The number of hydrogen-bond acceptors (Lipinski definition) is 4. The molecule has 4 nitrogen and oxygen atoms in total. The van der Waals surface area contributed by atoms with Crippen molar-refractivity contribution in [3.05, 3.63) is 23.3 Å². The second-order valence-electron chi connectivity index (χ2n) is 5.99. The highest BCUT2D eigenvalue weighted by Crippen LogP contribution is 2.39. The third-order valence-corrected chi connectivity index (χ3v) is 3.93. The third kappa shape index (κ3) is 3.55. The number of nitrogens with two attached hydrogens (primary N) is 1. The van der Waals surface area contributed by atoms with Crippen LogP contribution >= 0.6 is 0 Å². The van der Waals surface area contributed by atoms with Gasteiger partial charge in [0.1, 0.15) is 5.60 Å². The first-order valence-electron chi connectivity index (χ1n) is 7.80. The maximum atomic E-state index is 6.12. The molecule has 0 aromatic carbocycles. The Morgan fingerprint density at radius 3 is 2.60 bits per heavy atom. The van der Waals surface area contributed by atoms with Crippen molar-refractivity contribution in [2.45, 2.75) is 70.9 Å². The molecule has 1 saturated carbocycles. The number of aryl methyl sites for hydroxylation is 1. The van der Waals surface area contributed by atoms with Crippen molar-refractivity contribution in [2.24, 2.45) is 5.73 Å². The van der Waals surface area contributed by atoms with E-state index in [2.05, 4.69) is 11.9 Å². The van der Waals surface area contributed by atoms with Crippen LogP contribution in [0.25, 0.3) is 0 Å². The quantitative estimate of drug-likeness (QED) is 0.899. The summed E-state index contributed by atoms with van der Waals surface area (Å²) in [5.74, 6) is 0.870. The van der Waals surface area contributed by atoms with Gasteiger partial charge >= 0.3 is 0 Å². The summed E-state index contributed by atoms with van der Waals surface area (Å²) >= 11 is 0. The van der Waals surface area contributed by atoms with Crippen molar-refractivity contribution in [1.82, 2.24) is 9.97 Å².